The van der Waals surface area contributed by atoms with Gasteiger partial charge in [0.15, 0.2) is 0 Å². The van der Waals surface area contributed by atoms with E-state index in [2.05, 4.69) is 29.2 Å². The van der Waals surface area contributed by atoms with Crippen LogP contribution in [0.1, 0.15) is 174 Å². The minimum atomic E-state index is -3.64. The normalized spacial score (nSPS) is 11.5. The van der Waals surface area contributed by atoms with Crippen molar-refractivity contribution in [2.75, 3.05) is 18.4 Å². The van der Waals surface area contributed by atoms with Crippen molar-refractivity contribution in [2.45, 2.75) is 179 Å². The summed E-state index contributed by atoms with van der Waals surface area (Å²) < 4.78 is 28.2. The smallest absolute Gasteiger partial charge is 0.240 e. The third-order valence-corrected chi connectivity index (χ3v) is 9.89. The van der Waals surface area contributed by atoms with Gasteiger partial charge in [-0.25, -0.2) is 13.1 Å². The van der Waals surface area contributed by atoms with Gasteiger partial charge in [-0.3, -0.25) is 9.59 Å². The fraction of sp³-hybridized carbons (Fsp3) is 0.784. The van der Waals surface area contributed by atoms with Crippen LogP contribution in [0.4, 0.5) is 5.69 Å². The number of rotatable bonds is 31. The molecular weight excluding hydrogens is 582 g/mol. The standard InChI is InChI=1S/C37H67N3O4S/c1-3-5-7-9-11-13-15-16-17-18-20-22-24-29-36(41)38-32-30-37(42)40-34-27-26-28-35(33-34)45(43,44)39-31-25-23-21-19-14-12-10-8-6-4-2/h26-28,33,39H,3-25,29-32H2,1-2H3,(H,38,41)(H,40,42). The molecule has 0 aliphatic rings. The first kappa shape index (κ1) is 41.1. The highest BCUT2D eigenvalue weighted by Crippen LogP contribution is 2.17. The van der Waals surface area contributed by atoms with E-state index in [-0.39, 0.29) is 29.7 Å². The predicted molar refractivity (Wildman–Crippen MR) is 190 cm³/mol. The van der Waals surface area contributed by atoms with Crippen LogP contribution in [-0.4, -0.2) is 33.3 Å². The third-order valence-electron chi connectivity index (χ3n) is 8.43. The minimum Gasteiger partial charge on any atom is -0.356 e. The van der Waals surface area contributed by atoms with Gasteiger partial charge in [-0.15, -0.1) is 0 Å². The number of benzene rings is 1. The van der Waals surface area contributed by atoms with Gasteiger partial charge in [-0.2, -0.15) is 0 Å². The molecule has 0 aliphatic heterocycles. The molecule has 0 fully saturated rings. The zero-order valence-electron chi connectivity index (χ0n) is 28.9. The Hall–Kier alpha value is -1.93. The van der Waals surface area contributed by atoms with Crippen molar-refractivity contribution >= 4 is 27.5 Å². The number of amides is 2. The van der Waals surface area contributed by atoms with Gasteiger partial charge < -0.3 is 10.6 Å². The Bertz CT molecular complexity index is 984. The number of carbonyl (C=O) groups is 2. The molecule has 0 heterocycles. The molecule has 8 heteroatoms. The predicted octanol–water partition coefficient (Wildman–Crippen LogP) is 9.81. The summed E-state index contributed by atoms with van der Waals surface area (Å²) in [4.78, 5) is 24.7. The largest absolute Gasteiger partial charge is 0.356 e. The Morgan fingerprint density at radius 1 is 0.556 bits per heavy atom. The summed E-state index contributed by atoms with van der Waals surface area (Å²) in [7, 11) is -3.64. The van der Waals surface area contributed by atoms with E-state index in [0.717, 1.165) is 32.1 Å². The topological polar surface area (TPSA) is 104 Å². The summed E-state index contributed by atoms with van der Waals surface area (Å²) in [6, 6.07) is 6.31. The summed E-state index contributed by atoms with van der Waals surface area (Å²) in [6.07, 6.45) is 29.2. The first-order valence-electron chi connectivity index (χ1n) is 18.5. The van der Waals surface area contributed by atoms with Gasteiger partial charge in [0.2, 0.25) is 21.8 Å². The molecule has 0 saturated carbocycles. The zero-order chi connectivity index (χ0) is 32.9. The van der Waals surface area contributed by atoms with E-state index < -0.39 is 10.0 Å². The van der Waals surface area contributed by atoms with Gasteiger partial charge in [0.05, 0.1) is 4.90 Å². The van der Waals surface area contributed by atoms with Crippen LogP contribution in [0.2, 0.25) is 0 Å². The van der Waals surface area contributed by atoms with Crippen LogP contribution in [0.3, 0.4) is 0 Å². The number of anilines is 1. The summed E-state index contributed by atoms with van der Waals surface area (Å²) >= 11 is 0. The second-order valence-corrected chi connectivity index (χ2v) is 14.5. The molecule has 45 heavy (non-hydrogen) atoms. The van der Waals surface area contributed by atoms with E-state index in [1.165, 1.54) is 128 Å². The number of sulfonamides is 1. The van der Waals surface area contributed by atoms with E-state index in [4.69, 9.17) is 0 Å². The first-order valence-corrected chi connectivity index (χ1v) is 20.0. The molecule has 0 spiro atoms. The SMILES string of the molecule is CCCCCCCCCCCCCCCC(=O)NCCC(=O)Nc1cccc(S(=O)(=O)NCCCCCCCCCCCC)c1. The summed E-state index contributed by atoms with van der Waals surface area (Å²) in [5.41, 5.74) is 0.431. The van der Waals surface area contributed by atoms with E-state index in [0.29, 0.717) is 18.7 Å². The molecule has 0 atom stereocenters. The molecule has 1 rings (SSSR count). The number of hydrogen-bond acceptors (Lipinski definition) is 4. The Labute approximate surface area is 276 Å². The Balaban J connectivity index is 2.11. The quantitative estimate of drug-likeness (QED) is 0.0697. The van der Waals surface area contributed by atoms with Crippen molar-refractivity contribution in [3.63, 3.8) is 0 Å². The number of nitrogens with one attached hydrogen (secondary N) is 3. The van der Waals surface area contributed by atoms with Crippen LogP contribution in [0, 0.1) is 0 Å². The van der Waals surface area contributed by atoms with E-state index in [9.17, 15) is 18.0 Å². The van der Waals surface area contributed by atoms with Gasteiger partial charge >= 0.3 is 0 Å². The van der Waals surface area contributed by atoms with Crippen molar-refractivity contribution in [3.8, 4) is 0 Å². The molecule has 1 aromatic carbocycles. The van der Waals surface area contributed by atoms with Crippen molar-refractivity contribution < 1.29 is 18.0 Å². The van der Waals surface area contributed by atoms with Crippen molar-refractivity contribution in [1.29, 1.82) is 0 Å². The van der Waals surface area contributed by atoms with Gasteiger partial charge in [0.1, 0.15) is 0 Å². The lowest BCUT2D eigenvalue weighted by atomic mass is 10.0. The third kappa shape index (κ3) is 24.0. The molecular formula is C37H67N3O4S. The van der Waals surface area contributed by atoms with Crippen LogP contribution in [0.5, 0.6) is 0 Å². The second-order valence-electron chi connectivity index (χ2n) is 12.7. The van der Waals surface area contributed by atoms with Crippen molar-refractivity contribution in [1.82, 2.24) is 10.0 Å². The lowest BCUT2D eigenvalue weighted by Crippen LogP contribution is -2.27. The average molecular weight is 650 g/mol. The summed E-state index contributed by atoms with van der Waals surface area (Å²) in [5.74, 6) is -0.281. The molecule has 7 nitrogen and oxygen atoms in total. The van der Waals surface area contributed by atoms with Crippen LogP contribution in [-0.2, 0) is 19.6 Å². The Kier molecular flexibility index (Phi) is 25.8. The molecule has 0 radical (unpaired) electrons. The van der Waals surface area contributed by atoms with Crippen molar-refractivity contribution in [3.05, 3.63) is 24.3 Å². The molecule has 0 unspecified atom stereocenters. The number of unbranched alkanes of at least 4 members (excludes halogenated alkanes) is 21. The van der Waals surface area contributed by atoms with Gasteiger partial charge in [-0.05, 0) is 31.0 Å². The minimum absolute atomic E-state index is 0.0209. The fourth-order valence-corrected chi connectivity index (χ4v) is 6.69. The summed E-state index contributed by atoms with van der Waals surface area (Å²) in [5, 5.41) is 5.58. The van der Waals surface area contributed by atoms with Gasteiger partial charge in [-0.1, -0.05) is 155 Å². The van der Waals surface area contributed by atoms with E-state index in [1.807, 2.05) is 0 Å². The second kappa shape index (κ2) is 28.3. The van der Waals surface area contributed by atoms with E-state index in [1.54, 1.807) is 12.1 Å². The molecule has 2 amide bonds. The lowest BCUT2D eigenvalue weighted by Gasteiger charge is -2.10. The number of carbonyl (C=O) groups excluding carboxylic acids is 2. The highest BCUT2D eigenvalue weighted by Gasteiger charge is 2.14. The Morgan fingerprint density at radius 3 is 1.53 bits per heavy atom. The highest BCUT2D eigenvalue weighted by molar-refractivity contribution is 7.89. The maximum Gasteiger partial charge on any atom is 0.240 e. The van der Waals surface area contributed by atoms with Crippen LogP contribution in [0.25, 0.3) is 0 Å². The lowest BCUT2D eigenvalue weighted by molar-refractivity contribution is -0.121. The maximum absolute atomic E-state index is 12.7. The first-order chi connectivity index (χ1) is 21.9. The van der Waals surface area contributed by atoms with Gasteiger partial charge in [0.25, 0.3) is 0 Å². The summed E-state index contributed by atoms with van der Waals surface area (Å²) in [6.45, 7) is 5.16. The molecule has 0 aromatic heterocycles. The monoisotopic (exact) mass is 649 g/mol. The molecule has 1 aromatic rings. The fourth-order valence-electron chi connectivity index (χ4n) is 5.57. The van der Waals surface area contributed by atoms with Gasteiger partial charge in [0, 0.05) is 31.6 Å². The molecule has 0 saturated heterocycles. The number of hydrogen-bond donors (Lipinski definition) is 3. The van der Waals surface area contributed by atoms with Crippen LogP contribution < -0.4 is 15.4 Å². The highest BCUT2D eigenvalue weighted by atomic mass is 32.2. The zero-order valence-corrected chi connectivity index (χ0v) is 29.8. The van der Waals surface area contributed by atoms with Crippen LogP contribution in [0.15, 0.2) is 29.2 Å². The van der Waals surface area contributed by atoms with E-state index >= 15 is 0 Å². The maximum atomic E-state index is 12.7. The molecule has 260 valence electrons. The average Bonchev–Trinajstić information content (AvgIpc) is 3.02. The molecule has 3 N–H and O–H groups in total. The van der Waals surface area contributed by atoms with Crippen molar-refractivity contribution in [2.24, 2.45) is 0 Å². The van der Waals surface area contributed by atoms with Crippen LogP contribution >= 0.6 is 0 Å². The molecule has 0 aliphatic carbocycles. The molecule has 0 bridgehead atoms. The Morgan fingerprint density at radius 2 is 1.02 bits per heavy atom.